The molecule has 1 unspecified atom stereocenters. The molecule has 108 valence electrons. The maximum Gasteiger partial charge on any atom is 0.165 e. The summed E-state index contributed by atoms with van der Waals surface area (Å²) < 4.78 is 21.3. The quantitative estimate of drug-likeness (QED) is 0.882. The van der Waals surface area contributed by atoms with Crippen LogP contribution in [-0.4, -0.2) is 16.8 Å². The van der Waals surface area contributed by atoms with Gasteiger partial charge in [-0.1, -0.05) is 6.07 Å². The van der Waals surface area contributed by atoms with Crippen LogP contribution in [0.3, 0.4) is 0 Å². The highest BCUT2D eigenvalue weighted by Crippen LogP contribution is 2.22. The number of rotatable bonds is 6. The lowest BCUT2D eigenvalue weighted by molar-refractivity contribution is 0.290. The maximum absolute atomic E-state index is 13.9. The molecule has 0 saturated heterocycles. The van der Waals surface area contributed by atoms with E-state index in [0.717, 1.165) is 17.7 Å². The largest absolute Gasteiger partial charge is 0.486 e. The molecule has 1 N–H and O–H groups in total. The van der Waals surface area contributed by atoms with Gasteiger partial charge in [0.15, 0.2) is 11.6 Å². The van der Waals surface area contributed by atoms with Crippen LogP contribution in [0.5, 0.6) is 5.75 Å². The molecule has 0 aliphatic heterocycles. The van der Waals surface area contributed by atoms with Crippen LogP contribution >= 0.6 is 0 Å². The first-order valence-electron chi connectivity index (χ1n) is 6.75. The predicted octanol–water partition coefficient (Wildman–Crippen LogP) is 2.90. The standard InChI is InChI=1S/C15H20FN3O/c1-4-19-9-12(8-18-19)10-20-15-6-5-13(7-14(15)16)11(2)17-3/h5-9,11,17H,4,10H2,1-3H3. The highest BCUT2D eigenvalue weighted by Gasteiger charge is 2.09. The molecule has 1 aromatic carbocycles. The van der Waals surface area contributed by atoms with Gasteiger partial charge >= 0.3 is 0 Å². The van der Waals surface area contributed by atoms with Crippen LogP contribution in [0.25, 0.3) is 0 Å². The zero-order chi connectivity index (χ0) is 14.5. The summed E-state index contributed by atoms with van der Waals surface area (Å²) in [6.45, 7) is 5.12. The second kappa shape index (κ2) is 6.52. The van der Waals surface area contributed by atoms with E-state index in [1.54, 1.807) is 12.3 Å². The highest BCUT2D eigenvalue weighted by molar-refractivity contribution is 5.31. The third kappa shape index (κ3) is 3.36. The van der Waals surface area contributed by atoms with Crippen LogP contribution in [0.4, 0.5) is 4.39 Å². The number of halogens is 1. The molecule has 0 radical (unpaired) electrons. The van der Waals surface area contributed by atoms with Crippen LogP contribution < -0.4 is 10.1 Å². The molecular formula is C15H20FN3O. The molecule has 2 rings (SSSR count). The topological polar surface area (TPSA) is 39.1 Å². The van der Waals surface area contributed by atoms with Crippen molar-refractivity contribution in [3.8, 4) is 5.75 Å². The minimum absolute atomic E-state index is 0.112. The van der Waals surface area contributed by atoms with Crippen molar-refractivity contribution in [1.29, 1.82) is 0 Å². The Kier molecular flexibility index (Phi) is 4.74. The predicted molar refractivity (Wildman–Crippen MR) is 76.1 cm³/mol. The molecule has 2 aromatic rings. The van der Waals surface area contributed by atoms with Crippen molar-refractivity contribution >= 4 is 0 Å². The van der Waals surface area contributed by atoms with Crippen LogP contribution in [-0.2, 0) is 13.2 Å². The summed E-state index contributed by atoms with van der Waals surface area (Å²) in [6.07, 6.45) is 3.63. The van der Waals surface area contributed by atoms with Gasteiger partial charge in [-0.05, 0) is 38.6 Å². The first-order valence-corrected chi connectivity index (χ1v) is 6.75. The molecule has 0 spiro atoms. The summed E-state index contributed by atoms with van der Waals surface area (Å²) in [5, 5.41) is 7.23. The fourth-order valence-electron chi connectivity index (χ4n) is 1.89. The fourth-order valence-corrected chi connectivity index (χ4v) is 1.89. The summed E-state index contributed by atoms with van der Waals surface area (Å²) in [6, 6.07) is 5.16. The Balaban J connectivity index is 2.02. The summed E-state index contributed by atoms with van der Waals surface area (Å²) >= 11 is 0. The lowest BCUT2D eigenvalue weighted by Crippen LogP contribution is -2.12. The van der Waals surface area contributed by atoms with Crippen LogP contribution in [0.1, 0.15) is 31.0 Å². The lowest BCUT2D eigenvalue weighted by atomic mass is 10.1. The Hall–Kier alpha value is -1.88. The zero-order valence-corrected chi connectivity index (χ0v) is 12.1. The van der Waals surface area contributed by atoms with E-state index in [2.05, 4.69) is 10.4 Å². The molecule has 0 aliphatic carbocycles. The average molecular weight is 277 g/mol. The van der Waals surface area contributed by atoms with Crippen molar-refractivity contribution in [2.75, 3.05) is 7.05 Å². The van der Waals surface area contributed by atoms with E-state index in [1.165, 1.54) is 6.07 Å². The zero-order valence-electron chi connectivity index (χ0n) is 12.1. The SMILES string of the molecule is CCn1cc(COc2ccc(C(C)NC)cc2F)cn1. The van der Waals surface area contributed by atoms with E-state index < -0.39 is 0 Å². The van der Waals surface area contributed by atoms with Crippen LogP contribution in [0, 0.1) is 5.82 Å². The molecule has 4 nitrogen and oxygen atoms in total. The molecule has 0 amide bonds. The normalized spacial score (nSPS) is 12.4. The van der Waals surface area contributed by atoms with Gasteiger partial charge in [0.25, 0.3) is 0 Å². The van der Waals surface area contributed by atoms with E-state index in [4.69, 9.17) is 4.74 Å². The van der Waals surface area contributed by atoms with Crippen molar-refractivity contribution in [1.82, 2.24) is 15.1 Å². The Morgan fingerprint density at radius 1 is 1.45 bits per heavy atom. The Morgan fingerprint density at radius 2 is 2.25 bits per heavy atom. The summed E-state index contributed by atoms with van der Waals surface area (Å²) in [7, 11) is 1.85. The molecule has 0 bridgehead atoms. The minimum atomic E-state index is -0.340. The van der Waals surface area contributed by atoms with Crippen LogP contribution in [0.15, 0.2) is 30.6 Å². The molecule has 1 atom stereocenters. The summed E-state index contributed by atoms with van der Waals surface area (Å²) in [5.74, 6) is -0.0752. The smallest absolute Gasteiger partial charge is 0.165 e. The second-order valence-electron chi connectivity index (χ2n) is 4.69. The first kappa shape index (κ1) is 14.5. The Labute approximate surface area is 118 Å². The van der Waals surface area contributed by atoms with Gasteiger partial charge in [-0.25, -0.2) is 4.39 Å². The minimum Gasteiger partial charge on any atom is -0.486 e. The molecular weight excluding hydrogens is 257 g/mol. The van der Waals surface area contributed by atoms with E-state index in [0.29, 0.717) is 6.61 Å². The van der Waals surface area contributed by atoms with Gasteiger partial charge in [-0.15, -0.1) is 0 Å². The number of nitrogens with zero attached hydrogens (tertiary/aromatic N) is 2. The Bertz CT molecular complexity index is 568. The van der Waals surface area contributed by atoms with Crippen LogP contribution in [0.2, 0.25) is 0 Å². The van der Waals surface area contributed by atoms with Crippen molar-refractivity contribution in [2.24, 2.45) is 0 Å². The molecule has 5 heteroatoms. The van der Waals surface area contributed by atoms with Gasteiger partial charge < -0.3 is 10.1 Å². The van der Waals surface area contributed by atoms with E-state index in [-0.39, 0.29) is 17.6 Å². The number of ether oxygens (including phenoxy) is 1. The monoisotopic (exact) mass is 277 g/mol. The van der Waals surface area contributed by atoms with Gasteiger partial charge in [0.2, 0.25) is 0 Å². The molecule has 0 aliphatic rings. The summed E-state index contributed by atoms with van der Waals surface area (Å²) in [4.78, 5) is 0. The molecule has 1 heterocycles. The van der Waals surface area contributed by atoms with Crippen molar-refractivity contribution in [3.63, 3.8) is 0 Å². The third-order valence-corrected chi connectivity index (χ3v) is 3.29. The molecule has 0 saturated carbocycles. The number of nitrogens with one attached hydrogen (secondary N) is 1. The van der Waals surface area contributed by atoms with Gasteiger partial charge in [-0.3, -0.25) is 4.68 Å². The molecule has 0 fully saturated rings. The fraction of sp³-hybridized carbons (Fsp3) is 0.400. The lowest BCUT2D eigenvalue weighted by Gasteiger charge is -2.12. The van der Waals surface area contributed by atoms with E-state index >= 15 is 0 Å². The van der Waals surface area contributed by atoms with Gasteiger partial charge in [0.1, 0.15) is 6.61 Å². The second-order valence-corrected chi connectivity index (χ2v) is 4.69. The van der Waals surface area contributed by atoms with Gasteiger partial charge in [0.05, 0.1) is 6.20 Å². The van der Waals surface area contributed by atoms with E-state index in [9.17, 15) is 4.39 Å². The third-order valence-electron chi connectivity index (χ3n) is 3.29. The van der Waals surface area contributed by atoms with Crippen molar-refractivity contribution in [3.05, 3.63) is 47.5 Å². The highest BCUT2D eigenvalue weighted by atomic mass is 19.1. The van der Waals surface area contributed by atoms with Crippen molar-refractivity contribution in [2.45, 2.75) is 33.0 Å². The number of aryl methyl sites for hydroxylation is 1. The summed E-state index contributed by atoms with van der Waals surface area (Å²) in [5.41, 5.74) is 1.83. The van der Waals surface area contributed by atoms with Gasteiger partial charge in [0, 0.05) is 24.3 Å². The van der Waals surface area contributed by atoms with E-state index in [1.807, 2.05) is 37.8 Å². The molecule has 1 aromatic heterocycles. The Morgan fingerprint density at radius 3 is 2.85 bits per heavy atom. The first-order chi connectivity index (χ1) is 9.63. The maximum atomic E-state index is 13.9. The van der Waals surface area contributed by atoms with Gasteiger partial charge in [-0.2, -0.15) is 5.10 Å². The number of benzene rings is 1. The average Bonchev–Trinajstić information content (AvgIpc) is 2.93. The van der Waals surface area contributed by atoms with Crippen molar-refractivity contribution < 1.29 is 9.13 Å². The number of aromatic nitrogens is 2. The molecule has 20 heavy (non-hydrogen) atoms. The number of hydrogen-bond acceptors (Lipinski definition) is 3. The number of hydrogen-bond donors (Lipinski definition) is 1.